The summed E-state index contributed by atoms with van der Waals surface area (Å²) in [5.41, 5.74) is 2.47. The molecule has 0 radical (unpaired) electrons. The van der Waals surface area contributed by atoms with Crippen LogP contribution in [0.5, 0.6) is 5.75 Å². The van der Waals surface area contributed by atoms with E-state index in [1.165, 1.54) is 24.8 Å². The molecule has 0 bridgehead atoms. The van der Waals surface area contributed by atoms with E-state index < -0.39 is 0 Å². The largest absolute Gasteiger partial charge is 0.423 e. The standard InChI is InChI=1S/C19H19NO2S/c1-2-3-4-5-15-6-8-16(9-7-15)19(21)22-18-12-10-17(11-13-18)20-14-23/h6-13H,2-5H2,1H3. The summed E-state index contributed by atoms with van der Waals surface area (Å²) in [5.74, 6) is 0.113. The second-order valence-electron chi connectivity index (χ2n) is 5.24. The Morgan fingerprint density at radius 1 is 1.09 bits per heavy atom. The number of rotatable bonds is 7. The number of unbranched alkanes of at least 4 members (excludes halogenated alkanes) is 2. The number of isothiocyanates is 1. The molecule has 2 aromatic carbocycles. The van der Waals surface area contributed by atoms with Crippen LogP contribution in [0.25, 0.3) is 0 Å². The van der Waals surface area contributed by atoms with Gasteiger partial charge in [0.2, 0.25) is 0 Å². The normalized spacial score (nSPS) is 9.96. The van der Waals surface area contributed by atoms with Gasteiger partial charge in [-0.15, -0.1) is 0 Å². The number of thiocarbonyl (C=S) groups is 1. The van der Waals surface area contributed by atoms with E-state index in [1.54, 1.807) is 24.3 Å². The lowest BCUT2D eigenvalue weighted by Gasteiger charge is -2.06. The summed E-state index contributed by atoms with van der Waals surface area (Å²) in [6, 6.07) is 14.4. The molecule has 0 N–H and O–H groups in total. The zero-order valence-corrected chi connectivity index (χ0v) is 13.9. The minimum atomic E-state index is -0.365. The number of nitrogens with zero attached hydrogens (tertiary/aromatic N) is 1. The van der Waals surface area contributed by atoms with E-state index in [9.17, 15) is 4.79 Å². The third-order valence-electron chi connectivity index (χ3n) is 3.48. The summed E-state index contributed by atoms with van der Waals surface area (Å²) in [6.07, 6.45) is 4.66. The van der Waals surface area contributed by atoms with Crippen molar-refractivity contribution >= 4 is 29.0 Å². The second kappa shape index (κ2) is 8.99. The molecule has 0 aliphatic rings. The van der Waals surface area contributed by atoms with Gasteiger partial charge in [-0.2, -0.15) is 4.99 Å². The number of carbonyl (C=O) groups excluding carboxylic acids is 1. The van der Waals surface area contributed by atoms with E-state index >= 15 is 0 Å². The van der Waals surface area contributed by atoms with E-state index in [4.69, 9.17) is 4.74 Å². The Balaban J connectivity index is 1.95. The van der Waals surface area contributed by atoms with Crippen LogP contribution in [0.4, 0.5) is 5.69 Å². The molecule has 0 atom stereocenters. The van der Waals surface area contributed by atoms with Crippen molar-refractivity contribution in [3.05, 3.63) is 59.7 Å². The maximum absolute atomic E-state index is 12.1. The van der Waals surface area contributed by atoms with E-state index in [0.29, 0.717) is 17.0 Å². The fourth-order valence-corrected chi connectivity index (χ4v) is 2.30. The van der Waals surface area contributed by atoms with Crippen molar-refractivity contribution in [2.75, 3.05) is 0 Å². The van der Waals surface area contributed by atoms with Gasteiger partial charge in [0.25, 0.3) is 0 Å². The Morgan fingerprint density at radius 2 is 1.78 bits per heavy atom. The molecule has 0 heterocycles. The van der Waals surface area contributed by atoms with Crippen LogP contribution in [0, 0.1) is 0 Å². The molecule has 4 heteroatoms. The summed E-state index contributed by atoms with van der Waals surface area (Å²) in [6.45, 7) is 2.19. The van der Waals surface area contributed by atoms with Gasteiger partial charge < -0.3 is 4.74 Å². The predicted molar refractivity (Wildman–Crippen MR) is 95.8 cm³/mol. The number of aliphatic imine (C=N–C) groups is 1. The summed E-state index contributed by atoms with van der Waals surface area (Å²) >= 11 is 4.54. The van der Waals surface area contributed by atoms with Crippen molar-refractivity contribution in [2.24, 2.45) is 4.99 Å². The van der Waals surface area contributed by atoms with Crippen molar-refractivity contribution in [1.29, 1.82) is 0 Å². The second-order valence-corrected chi connectivity index (χ2v) is 5.42. The summed E-state index contributed by atoms with van der Waals surface area (Å²) in [5, 5.41) is 2.29. The Bertz CT molecular complexity index is 686. The van der Waals surface area contributed by atoms with Crippen LogP contribution in [0.1, 0.15) is 42.1 Å². The number of esters is 1. The first kappa shape index (κ1) is 17.1. The third kappa shape index (κ3) is 5.44. The zero-order chi connectivity index (χ0) is 16.5. The van der Waals surface area contributed by atoms with Gasteiger partial charge in [-0.25, -0.2) is 4.79 Å². The van der Waals surface area contributed by atoms with Crippen LogP contribution in [-0.2, 0) is 6.42 Å². The lowest BCUT2D eigenvalue weighted by Crippen LogP contribution is -2.08. The van der Waals surface area contributed by atoms with E-state index in [0.717, 1.165) is 6.42 Å². The van der Waals surface area contributed by atoms with Gasteiger partial charge in [0.1, 0.15) is 5.75 Å². The molecule has 0 spiro atoms. The van der Waals surface area contributed by atoms with Crippen molar-refractivity contribution in [3.8, 4) is 5.75 Å². The van der Waals surface area contributed by atoms with Crippen LogP contribution in [-0.4, -0.2) is 11.1 Å². The maximum Gasteiger partial charge on any atom is 0.343 e. The highest BCUT2D eigenvalue weighted by molar-refractivity contribution is 7.78. The average Bonchev–Trinajstić information content (AvgIpc) is 2.58. The van der Waals surface area contributed by atoms with E-state index in [2.05, 4.69) is 29.3 Å². The Labute approximate surface area is 142 Å². The molecule has 0 saturated carbocycles. The molecule has 0 aliphatic heterocycles. The molecule has 118 valence electrons. The van der Waals surface area contributed by atoms with Gasteiger partial charge in [0.05, 0.1) is 16.4 Å². The van der Waals surface area contributed by atoms with Gasteiger partial charge in [-0.05, 0) is 67.0 Å². The summed E-state index contributed by atoms with van der Waals surface area (Å²) in [4.78, 5) is 16.0. The SMILES string of the molecule is CCCCCc1ccc(C(=O)Oc2ccc(N=C=S)cc2)cc1. The lowest BCUT2D eigenvalue weighted by molar-refractivity contribution is 0.0735. The van der Waals surface area contributed by atoms with Gasteiger partial charge in [0.15, 0.2) is 0 Å². The maximum atomic E-state index is 12.1. The van der Waals surface area contributed by atoms with Crippen LogP contribution in [0.2, 0.25) is 0 Å². The number of hydrogen-bond donors (Lipinski definition) is 0. The Kier molecular flexibility index (Phi) is 6.67. The third-order valence-corrected chi connectivity index (χ3v) is 3.57. The molecular weight excluding hydrogens is 306 g/mol. The molecule has 0 fully saturated rings. The van der Waals surface area contributed by atoms with Crippen LogP contribution >= 0.6 is 12.2 Å². The fraction of sp³-hybridized carbons (Fsp3) is 0.263. The van der Waals surface area contributed by atoms with Crippen LogP contribution in [0.3, 0.4) is 0 Å². The molecule has 2 aromatic rings. The average molecular weight is 325 g/mol. The Morgan fingerprint density at radius 3 is 2.39 bits per heavy atom. The fourth-order valence-electron chi connectivity index (χ4n) is 2.19. The highest BCUT2D eigenvalue weighted by atomic mass is 32.1. The monoisotopic (exact) mass is 325 g/mol. The first-order valence-corrected chi connectivity index (χ1v) is 8.13. The van der Waals surface area contributed by atoms with Crippen molar-refractivity contribution in [2.45, 2.75) is 32.6 Å². The number of benzene rings is 2. The zero-order valence-electron chi connectivity index (χ0n) is 13.1. The van der Waals surface area contributed by atoms with Gasteiger partial charge >= 0.3 is 5.97 Å². The molecule has 0 aromatic heterocycles. The van der Waals surface area contributed by atoms with E-state index in [1.807, 2.05) is 24.3 Å². The quantitative estimate of drug-likeness (QED) is 0.226. The first-order valence-electron chi connectivity index (χ1n) is 7.72. The summed E-state index contributed by atoms with van der Waals surface area (Å²) in [7, 11) is 0. The minimum absolute atomic E-state index is 0.365. The van der Waals surface area contributed by atoms with Crippen LogP contribution in [0.15, 0.2) is 53.5 Å². The minimum Gasteiger partial charge on any atom is -0.423 e. The molecule has 2 rings (SSSR count). The first-order chi connectivity index (χ1) is 11.2. The molecule has 0 unspecified atom stereocenters. The predicted octanol–water partition coefficient (Wildman–Crippen LogP) is 5.37. The topological polar surface area (TPSA) is 38.7 Å². The number of ether oxygens (including phenoxy) is 1. The van der Waals surface area contributed by atoms with Gasteiger partial charge in [-0.1, -0.05) is 31.9 Å². The lowest BCUT2D eigenvalue weighted by atomic mass is 10.1. The highest BCUT2D eigenvalue weighted by Crippen LogP contribution is 2.19. The molecule has 0 saturated heterocycles. The number of hydrogen-bond acceptors (Lipinski definition) is 4. The Hall–Kier alpha value is -2.29. The van der Waals surface area contributed by atoms with Crippen molar-refractivity contribution in [1.82, 2.24) is 0 Å². The highest BCUT2D eigenvalue weighted by Gasteiger charge is 2.08. The smallest absolute Gasteiger partial charge is 0.343 e. The molecular formula is C19H19NO2S. The molecule has 0 amide bonds. The van der Waals surface area contributed by atoms with Crippen molar-refractivity contribution in [3.63, 3.8) is 0 Å². The number of aryl methyl sites for hydroxylation is 1. The van der Waals surface area contributed by atoms with E-state index in [-0.39, 0.29) is 5.97 Å². The van der Waals surface area contributed by atoms with Gasteiger partial charge in [0, 0.05) is 0 Å². The molecule has 3 nitrogen and oxygen atoms in total. The molecule has 0 aliphatic carbocycles. The molecule has 23 heavy (non-hydrogen) atoms. The van der Waals surface area contributed by atoms with Crippen molar-refractivity contribution < 1.29 is 9.53 Å². The number of carbonyl (C=O) groups is 1. The van der Waals surface area contributed by atoms with Gasteiger partial charge in [-0.3, -0.25) is 0 Å². The van der Waals surface area contributed by atoms with Crippen LogP contribution < -0.4 is 4.74 Å². The summed E-state index contributed by atoms with van der Waals surface area (Å²) < 4.78 is 5.34.